The van der Waals surface area contributed by atoms with Crippen molar-refractivity contribution >= 4 is 46.1 Å². The Labute approximate surface area is 178 Å². The monoisotopic (exact) mass is 517 g/mol. The number of hydrogen-bond donors (Lipinski definition) is 3. The summed E-state index contributed by atoms with van der Waals surface area (Å²) >= 11 is 1.89. The molecule has 0 fully saturated rings. The van der Waals surface area contributed by atoms with Crippen molar-refractivity contribution < 1.29 is 27.9 Å². The molecule has 0 aliphatic rings. The minimum Gasteiger partial charge on any atom is -0.394 e. The molecule has 152 valence electrons. The first-order chi connectivity index (χ1) is 13.9. The molecule has 2 rings (SSSR count). The van der Waals surface area contributed by atoms with Crippen LogP contribution in [0.5, 0.6) is 0 Å². The van der Waals surface area contributed by atoms with Crippen molar-refractivity contribution in [3.8, 4) is 12.3 Å². The van der Waals surface area contributed by atoms with Gasteiger partial charge in [-0.05, 0) is 46.9 Å². The van der Waals surface area contributed by atoms with Crippen molar-refractivity contribution in [2.24, 2.45) is 4.99 Å². The summed E-state index contributed by atoms with van der Waals surface area (Å²) in [6.07, 6.45) is 6.05. The molecule has 0 unspecified atom stereocenters. The van der Waals surface area contributed by atoms with E-state index in [0.29, 0.717) is 3.57 Å². The largest absolute Gasteiger partial charge is 0.394 e. The summed E-state index contributed by atoms with van der Waals surface area (Å²) in [5.74, 6) is -2.18. The Kier molecular flexibility index (Phi) is 8.44. The molecule has 0 atom stereocenters. The Balaban J connectivity index is 2.52. The van der Waals surface area contributed by atoms with Gasteiger partial charge in [-0.3, -0.25) is 14.6 Å². The van der Waals surface area contributed by atoms with Gasteiger partial charge in [-0.2, -0.15) is 0 Å². The van der Waals surface area contributed by atoms with Gasteiger partial charge in [-0.15, -0.1) is 6.42 Å². The second kappa shape index (κ2) is 10.8. The van der Waals surface area contributed by atoms with E-state index in [0.717, 1.165) is 12.3 Å². The number of nitrogens with zero attached hydrogens (tertiary/aromatic N) is 1. The zero-order valence-electron chi connectivity index (χ0n) is 14.8. The van der Waals surface area contributed by atoms with E-state index >= 15 is 0 Å². The lowest BCUT2D eigenvalue weighted by Gasteiger charge is -2.15. The van der Waals surface area contributed by atoms with E-state index in [2.05, 4.69) is 16.2 Å². The molecule has 3 N–H and O–H groups in total. The number of rotatable bonds is 8. The molecule has 0 aliphatic carbocycles. The van der Waals surface area contributed by atoms with Crippen molar-refractivity contribution in [2.45, 2.75) is 0 Å². The highest BCUT2D eigenvalue weighted by Gasteiger charge is 2.23. The fraction of sp³-hybridized carbons (Fsp3) is 0.158. The van der Waals surface area contributed by atoms with Gasteiger partial charge in [0.25, 0.3) is 5.91 Å². The summed E-state index contributed by atoms with van der Waals surface area (Å²) in [6, 6.07) is 5.07. The lowest BCUT2D eigenvalue weighted by molar-refractivity contribution is 0.0168. The number of halogens is 4. The number of hydrogen-bond acceptors (Lipinski definition) is 5. The summed E-state index contributed by atoms with van der Waals surface area (Å²) in [6.45, 7) is -0.669. The topological polar surface area (TPSA) is 83.0 Å². The highest BCUT2D eigenvalue weighted by molar-refractivity contribution is 14.1. The molecule has 0 radical (unpaired) electrons. The molecule has 2 aromatic carbocycles. The number of carbonyl (C=O) groups is 1. The lowest BCUT2D eigenvalue weighted by atomic mass is 10.1. The Bertz CT molecular complexity index is 977. The van der Waals surface area contributed by atoms with E-state index in [9.17, 15) is 18.0 Å². The molecule has 2 aromatic rings. The molecule has 10 heteroatoms. The average Bonchev–Trinajstić information content (AvgIpc) is 2.69. The van der Waals surface area contributed by atoms with Crippen LogP contribution in [0.2, 0.25) is 0 Å². The normalized spacial score (nSPS) is 10.8. The van der Waals surface area contributed by atoms with Gasteiger partial charge in [0, 0.05) is 15.3 Å². The van der Waals surface area contributed by atoms with E-state index in [4.69, 9.17) is 16.4 Å². The van der Waals surface area contributed by atoms with E-state index in [-0.39, 0.29) is 36.6 Å². The van der Waals surface area contributed by atoms with Crippen molar-refractivity contribution in [3.05, 3.63) is 56.4 Å². The number of nitrogens with one attached hydrogen (secondary N) is 2. The van der Waals surface area contributed by atoms with Crippen LogP contribution in [0, 0.1) is 33.4 Å². The number of terminal acetylenes is 1. The molecule has 1 amide bonds. The Morgan fingerprint density at radius 3 is 2.72 bits per heavy atom. The minimum atomic E-state index is -1.42. The predicted octanol–water partition coefficient (Wildman–Crippen LogP) is 3.16. The average molecular weight is 517 g/mol. The zero-order chi connectivity index (χ0) is 21.4. The molecular weight excluding hydrogens is 502 g/mol. The number of carbonyl (C=O) groups excluding carboxylic acids is 1. The van der Waals surface area contributed by atoms with Gasteiger partial charge in [-0.1, -0.05) is 5.92 Å². The molecule has 0 aromatic heterocycles. The standard InChI is InChI=1S/C19H15F3IN3O3/c1-2-5-24-10-11-8-13(19(28)26-29-7-6-27)18(17(22)16(11)21)25-15-4-3-12(23)9-14(15)20/h1,3-4,8-10,25,27H,5-7H2,(H,26,28). The van der Waals surface area contributed by atoms with E-state index in [1.54, 1.807) is 6.07 Å². The van der Waals surface area contributed by atoms with Crippen molar-refractivity contribution in [3.63, 3.8) is 0 Å². The van der Waals surface area contributed by atoms with Crippen LogP contribution in [-0.2, 0) is 4.84 Å². The second-order valence-electron chi connectivity index (χ2n) is 5.44. The maximum absolute atomic E-state index is 14.8. The number of benzene rings is 2. The third-order valence-corrected chi connectivity index (χ3v) is 4.11. The molecular formula is C19H15F3IN3O3. The van der Waals surface area contributed by atoms with E-state index in [1.165, 1.54) is 12.1 Å². The minimum absolute atomic E-state index is 0.0733. The maximum Gasteiger partial charge on any atom is 0.277 e. The van der Waals surface area contributed by atoms with Crippen LogP contribution in [0.25, 0.3) is 0 Å². The van der Waals surface area contributed by atoms with Crippen LogP contribution in [0.15, 0.2) is 29.3 Å². The van der Waals surface area contributed by atoms with Gasteiger partial charge in [0.2, 0.25) is 0 Å². The first-order valence-corrected chi connectivity index (χ1v) is 9.17. The SMILES string of the molecule is C#CCN=Cc1cc(C(=O)NOCCO)c(Nc2ccc(I)cc2F)c(F)c1F. The highest BCUT2D eigenvalue weighted by Crippen LogP contribution is 2.30. The van der Waals surface area contributed by atoms with Gasteiger partial charge < -0.3 is 10.4 Å². The molecule has 0 spiro atoms. The quantitative estimate of drug-likeness (QED) is 0.165. The van der Waals surface area contributed by atoms with Crippen molar-refractivity contribution in [2.75, 3.05) is 25.1 Å². The summed E-state index contributed by atoms with van der Waals surface area (Å²) < 4.78 is 44.0. The van der Waals surface area contributed by atoms with Gasteiger partial charge in [0.15, 0.2) is 11.6 Å². The summed E-state index contributed by atoms with van der Waals surface area (Å²) in [4.78, 5) is 20.9. The number of hydroxylamine groups is 1. The van der Waals surface area contributed by atoms with Crippen LogP contribution in [-0.4, -0.2) is 37.0 Å². The van der Waals surface area contributed by atoms with Gasteiger partial charge in [-0.25, -0.2) is 18.7 Å². The molecule has 0 heterocycles. The number of aliphatic imine (C=N–C) groups is 1. The Hall–Kier alpha value is -2.62. The van der Waals surface area contributed by atoms with Crippen LogP contribution >= 0.6 is 22.6 Å². The third-order valence-electron chi connectivity index (χ3n) is 3.44. The van der Waals surface area contributed by atoms with Crippen molar-refractivity contribution in [1.29, 1.82) is 0 Å². The molecule has 29 heavy (non-hydrogen) atoms. The molecule has 0 saturated heterocycles. The van der Waals surface area contributed by atoms with Crippen LogP contribution in [0.3, 0.4) is 0 Å². The van der Waals surface area contributed by atoms with Crippen LogP contribution in [0.1, 0.15) is 15.9 Å². The molecule has 0 bridgehead atoms. The highest BCUT2D eigenvalue weighted by atomic mass is 127. The molecule has 6 nitrogen and oxygen atoms in total. The zero-order valence-corrected chi connectivity index (χ0v) is 17.0. The van der Waals surface area contributed by atoms with E-state index in [1.807, 2.05) is 28.1 Å². The first kappa shape index (κ1) is 22.7. The van der Waals surface area contributed by atoms with Crippen LogP contribution in [0.4, 0.5) is 24.5 Å². The van der Waals surface area contributed by atoms with E-state index < -0.39 is 29.0 Å². The summed E-state index contributed by atoms with van der Waals surface area (Å²) in [5, 5.41) is 11.1. The smallest absolute Gasteiger partial charge is 0.277 e. The number of aliphatic hydroxyl groups excluding tert-OH is 1. The number of amides is 1. The fourth-order valence-electron chi connectivity index (χ4n) is 2.18. The summed E-state index contributed by atoms with van der Waals surface area (Å²) in [5.41, 5.74) is 0.524. The van der Waals surface area contributed by atoms with Crippen molar-refractivity contribution in [1.82, 2.24) is 5.48 Å². The van der Waals surface area contributed by atoms with Crippen LogP contribution < -0.4 is 10.8 Å². The summed E-state index contributed by atoms with van der Waals surface area (Å²) in [7, 11) is 0. The Morgan fingerprint density at radius 1 is 1.31 bits per heavy atom. The Morgan fingerprint density at radius 2 is 2.07 bits per heavy atom. The van der Waals surface area contributed by atoms with Gasteiger partial charge in [0.1, 0.15) is 5.82 Å². The lowest BCUT2D eigenvalue weighted by Crippen LogP contribution is -2.26. The fourth-order valence-corrected chi connectivity index (χ4v) is 2.63. The number of anilines is 2. The maximum atomic E-state index is 14.8. The second-order valence-corrected chi connectivity index (χ2v) is 6.69. The van der Waals surface area contributed by atoms with Gasteiger partial charge >= 0.3 is 0 Å². The molecule has 0 aliphatic heterocycles. The number of aliphatic hydroxyl groups is 1. The predicted molar refractivity (Wildman–Crippen MR) is 111 cm³/mol. The third kappa shape index (κ3) is 5.93. The first-order valence-electron chi connectivity index (χ1n) is 8.09. The van der Waals surface area contributed by atoms with Gasteiger partial charge in [0.05, 0.1) is 36.7 Å². The molecule has 0 saturated carbocycles.